The number of thiocarbonyl (C=S) groups is 1. The molecule has 0 saturated carbocycles. The molecule has 0 radical (unpaired) electrons. The van der Waals surface area contributed by atoms with E-state index in [0.717, 1.165) is 0 Å². The zero-order chi connectivity index (χ0) is 15.2. The fourth-order valence-corrected chi connectivity index (χ4v) is 2.04. The van der Waals surface area contributed by atoms with Gasteiger partial charge in [0.1, 0.15) is 10.7 Å². The second kappa shape index (κ2) is 7.06. The second-order valence-corrected chi connectivity index (χ2v) is 5.02. The van der Waals surface area contributed by atoms with Crippen LogP contribution in [0.4, 0.5) is 5.69 Å². The Morgan fingerprint density at radius 2 is 1.86 bits per heavy atom. The summed E-state index contributed by atoms with van der Waals surface area (Å²) < 4.78 is 5.45. The average molecular weight is 321 g/mol. The first-order valence-corrected chi connectivity index (χ1v) is 6.92. The van der Waals surface area contributed by atoms with Crippen molar-refractivity contribution in [3.05, 3.63) is 59.1 Å². The molecule has 21 heavy (non-hydrogen) atoms. The molecule has 0 aliphatic heterocycles. The summed E-state index contributed by atoms with van der Waals surface area (Å²) in [6.07, 6.45) is 0. The first-order valence-electron chi connectivity index (χ1n) is 6.14. The molecule has 3 N–H and O–H groups in total. The number of anilines is 1. The monoisotopic (exact) mass is 320 g/mol. The molecule has 6 heteroatoms. The molecule has 0 saturated heterocycles. The van der Waals surface area contributed by atoms with Gasteiger partial charge in [0.15, 0.2) is 6.61 Å². The highest BCUT2D eigenvalue weighted by Gasteiger charge is 2.09. The summed E-state index contributed by atoms with van der Waals surface area (Å²) in [6, 6.07) is 14.0. The number of carbonyl (C=O) groups is 1. The predicted octanol–water partition coefficient (Wildman–Crippen LogP) is 2.99. The van der Waals surface area contributed by atoms with Gasteiger partial charge in [-0.15, -0.1) is 0 Å². The molecule has 0 aromatic heterocycles. The third-order valence-corrected chi connectivity index (χ3v) is 3.21. The quantitative estimate of drug-likeness (QED) is 0.831. The van der Waals surface area contributed by atoms with Crippen molar-refractivity contribution in [1.29, 1.82) is 0 Å². The molecule has 1 amide bonds. The molecule has 0 bridgehead atoms. The first kappa shape index (κ1) is 15.3. The molecule has 2 aromatic rings. The van der Waals surface area contributed by atoms with Crippen LogP contribution < -0.4 is 15.8 Å². The number of carbonyl (C=O) groups excluding carboxylic acids is 1. The Labute approximate surface area is 132 Å². The Hall–Kier alpha value is -2.11. The normalized spacial score (nSPS) is 9.95. The van der Waals surface area contributed by atoms with E-state index in [2.05, 4.69) is 5.32 Å². The third-order valence-electron chi connectivity index (χ3n) is 2.66. The molecule has 0 fully saturated rings. The molecule has 0 aliphatic rings. The minimum Gasteiger partial charge on any atom is -0.483 e. The van der Waals surface area contributed by atoms with Gasteiger partial charge in [0.25, 0.3) is 5.91 Å². The highest BCUT2D eigenvalue weighted by Crippen LogP contribution is 2.21. The molecule has 0 aliphatic carbocycles. The number of benzene rings is 2. The van der Waals surface area contributed by atoms with Gasteiger partial charge in [-0.3, -0.25) is 4.79 Å². The molecular formula is C15H13ClN2O2S. The minimum absolute atomic E-state index is 0.162. The van der Waals surface area contributed by atoms with E-state index in [9.17, 15) is 4.79 Å². The Morgan fingerprint density at radius 1 is 1.19 bits per heavy atom. The number of nitrogens with two attached hydrogens (primary N) is 1. The van der Waals surface area contributed by atoms with Crippen molar-refractivity contribution < 1.29 is 9.53 Å². The van der Waals surface area contributed by atoms with Crippen LogP contribution in [0.5, 0.6) is 5.75 Å². The van der Waals surface area contributed by atoms with Gasteiger partial charge in [0, 0.05) is 0 Å². The Balaban J connectivity index is 1.99. The lowest BCUT2D eigenvalue weighted by Crippen LogP contribution is -2.21. The maximum Gasteiger partial charge on any atom is 0.262 e. The lowest BCUT2D eigenvalue weighted by molar-refractivity contribution is -0.118. The van der Waals surface area contributed by atoms with Crippen LogP contribution in [0.1, 0.15) is 5.56 Å². The number of amides is 1. The summed E-state index contributed by atoms with van der Waals surface area (Å²) in [4.78, 5) is 12.1. The summed E-state index contributed by atoms with van der Waals surface area (Å²) in [6.45, 7) is -0.162. The third kappa shape index (κ3) is 4.18. The summed E-state index contributed by atoms with van der Waals surface area (Å²) in [5.41, 5.74) is 6.73. The predicted molar refractivity (Wildman–Crippen MR) is 87.9 cm³/mol. The van der Waals surface area contributed by atoms with Crippen LogP contribution in [-0.2, 0) is 4.79 Å². The Kier molecular flexibility index (Phi) is 5.14. The summed E-state index contributed by atoms with van der Waals surface area (Å²) in [7, 11) is 0. The van der Waals surface area contributed by atoms with Crippen molar-refractivity contribution in [2.24, 2.45) is 5.73 Å². The van der Waals surface area contributed by atoms with E-state index in [1.54, 1.807) is 48.5 Å². The smallest absolute Gasteiger partial charge is 0.262 e. The molecule has 2 rings (SSSR count). The van der Waals surface area contributed by atoms with Crippen LogP contribution in [-0.4, -0.2) is 17.5 Å². The number of nitrogens with one attached hydrogen (secondary N) is 1. The Morgan fingerprint density at radius 3 is 2.57 bits per heavy atom. The van der Waals surface area contributed by atoms with Gasteiger partial charge in [-0.25, -0.2) is 0 Å². The van der Waals surface area contributed by atoms with Crippen LogP contribution in [0.3, 0.4) is 0 Å². The van der Waals surface area contributed by atoms with E-state index >= 15 is 0 Å². The van der Waals surface area contributed by atoms with Crippen LogP contribution in [0.2, 0.25) is 5.02 Å². The van der Waals surface area contributed by atoms with Gasteiger partial charge in [-0.1, -0.05) is 48.1 Å². The zero-order valence-corrected chi connectivity index (χ0v) is 12.6. The maximum atomic E-state index is 11.9. The molecule has 0 atom stereocenters. The summed E-state index contributed by atoms with van der Waals surface area (Å²) in [5.74, 6) is 0.153. The van der Waals surface area contributed by atoms with E-state index in [1.807, 2.05) is 0 Å². The first-order chi connectivity index (χ1) is 10.1. The molecule has 0 unspecified atom stereocenters. The van der Waals surface area contributed by atoms with E-state index in [1.165, 1.54) is 0 Å². The maximum absolute atomic E-state index is 11.9. The fourth-order valence-electron chi connectivity index (χ4n) is 1.69. The second-order valence-electron chi connectivity index (χ2n) is 4.18. The number of para-hydroxylation sites is 2. The highest BCUT2D eigenvalue weighted by atomic mass is 35.5. The van der Waals surface area contributed by atoms with Crippen LogP contribution in [0.15, 0.2) is 48.5 Å². The fraction of sp³-hybridized carbons (Fsp3) is 0.0667. The van der Waals surface area contributed by atoms with Crippen molar-refractivity contribution in [2.45, 2.75) is 0 Å². The van der Waals surface area contributed by atoms with Crippen molar-refractivity contribution in [3.8, 4) is 5.75 Å². The molecule has 108 valence electrons. The molecule has 4 nitrogen and oxygen atoms in total. The number of rotatable bonds is 5. The largest absolute Gasteiger partial charge is 0.483 e. The average Bonchev–Trinajstić information content (AvgIpc) is 2.48. The molecular weight excluding hydrogens is 308 g/mol. The van der Waals surface area contributed by atoms with Gasteiger partial charge in [-0.2, -0.15) is 0 Å². The number of ether oxygens (including phenoxy) is 1. The number of hydrogen-bond acceptors (Lipinski definition) is 3. The van der Waals surface area contributed by atoms with E-state index in [4.69, 9.17) is 34.3 Å². The van der Waals surface area contributed by atoms with Gasteiger partial charge in [0.2, 0.25) is 0 Å². The van der Waals surface area contributed by atoms with Crippen LogP contribution in [0.25, 0.3) is 0 Å². The lowest BCUT2D eigenvalue weighted by Gasteiger charge is -2.11. The van der Waals surface area contributed by atoms with Gasteiger partial charge < -0.3 is 15.8 Å². The standard InChI is InChI=1S/C15H13ClN2O2S/c16-11-6-2-3-7-12(11)18-14(19)9-20-13-8-4-1-5-10(13)15(17)21/h1-8H,9H2,(H2,17,21)(H,18,19). The van der Waals surface area contributed by atoms with Crippen molar-refractivity contribution in [3.63, 3.8) is 0 Å². The number of hydrogen-bond donors (Lipinski definition) is 2. The molecule has 0 spiro atoms. The SMILES string of the molecule is NC(=S)c1ccccc1OCC(=O)Nc1ccccc1Cl. The number of halogens is 1. The van der Waals surface area contributed by atoms with E-state index in [-0.39, 0.29) is 17.5 Å². The van der Waals surface area contributed by atoms with Gasteiger partial charge >= 0.3 is 0 Å². The van der Waals surface area contributed by atoms with Gasteiger partial charge in [-0.05, 0) is 24.3 Å². The van der Waals surface area contributed by atoms with Crippen LogP contribution >= 0.6 is 23.8 Å². The Bertz CT molecular complexity index is 676. The van der Waals surface area contributed by atoms with Crippen LogP contribution in [0, 0.1) is 0 Å². The minimum atomic E-state index is -0.319. The topological polar surface area (TPSA) is 64.3 Å². The van der Waals surface area contributed by atoms with Gasteiger partial charge in [0.05, 0.1) is 16.3 Å². The van der Waals surface area contributed by atoms with Crippen molar-refractivity contribution >= 4 is 40.4 Å². The zero-order valence-electron chi connectivity index (χ0n) is 11.0. The van der Waals surface area contributed by atoms with Crippen molar-refractivity contribution in [1.82, 2.24) is 0 Å². The highest BCUT2D eigenvalue weighted by molar-refractivity contribution is 7.80. The van der Waals surface area contributed by atoms with Crippen molar-refractivity contribution in [2.75, 3.05) is 11.9 Å². The summed E-state index contributed by atoms with van der Waals surface area (Å²) >= 11 is 10.9. The summed E-state index contributed by atoms with van der Waals surface area (Å²) in [5, 5.41) is 3.14. The molecule has 0 heterocycles. The van der Waals surface area contributed by atoms with E-state index in [0.29, 0.717) is 22.0 Å². The van der Waals surface area contributed by atoms with E-state index < -0.39 is 0 Å². The lowest BCUT2D eigenvalue weighted by atomic mass is 10.2. The molecule has 2 aromatic carbocycles.